The highest BCUT2D eigenvalue weighted by atomic mass is 32.1. The van der Waals surface area contributed by atoms with Crippen molar-refractivity contribution in [1.82, 2.24) is 5.32 Å². The fraction of sp³-hybridized carbons (Fsp3) is 0.412. The van der Waals surface area contributed by atoms with Gasteiger partial charge in [-0.25, -0.2) is 9.18 Å². The van der Waals surface area contributed by atoms with Crippen molar-refractivity contribution >= 4 is 33.3 Å². The average molecular weight is 351 g/mol. The van der Waals surface area contributed by atoms with Crippen LogP contribution in [-0.4, -0.2) is 36.2 Å². The molecule has 1 fully saturated rings. The molecular weight excluding hydrogens is 333 g/mol. The quantitative estimate of drug-likeness (QED) is 0.888. The lowest BCUT2D eigenvalue weighted by Gasteiger charge is -2.28. The van der Waals surface area contributed by atoms with Crippen molar-refractivity contribution in [1.29, 1.82) is 0 Å². The van der Waals surface area contributed by atoms with E-state index in [-0.39, 0.29) is 11.7 Å². The minimum absolute atomic E-state index is 0.243. The summed E-state index contributed by atoms with van der Waals surface area (Å²) in [6.45, 7) is 2.73. The smallest absolute Gasteiger partial charge is 0.326 e. The summed E-state index contributed by atoms with van der Waals surface area (Å²) in [4.78, 5) is 24.5. The zero-order chi connectivity index (χ0) is 17.3. The highest BCUT2D eigenvalue weighted by molar-refractivity contribution is 7.21. The number of carboxylic acid groups (broad SMARTS) is 1. The Morgan fingerprint density at radius 1 is 1.46 bits per heavy atom. The van der Waals surface area contributed by atoms with E-state index in [1.165, 1.54) is 23.5 Å². The van der Waals surface area contributed by atoms with E-state index in [1.54, 1.807) is 13.0 Å². The first-order chi connectivity index (χ1) is 11.5. The van der Waals surface area contributed by atoms with Crippen LogP contribution in [0.1, 0.15) is 28.1 Å². The third kappa shape index (κ3) is 3.27. The van der Waals surface area contributed by atoms with Crippen molar-refractivity contribution in [2.24, 2.45) is 5.92 Å². The molecule has 1 aliphatic heterocycles. The molecule has 1 aromatic heterocycles. The monoisotopic (exact) mass is 351 g/mol. The molecule has 5 nitrogen and oxygen atoms in total. The molecule has 2 N–H and O–H groups in total. The predicted octanol–water partition coefficient (Wildman–Crippen LogP) is 2.96. The minimum Gasteiger partial charge on any atom is -0.480 e. The first-order valence-corrected chi connectivity index (χ1v) is 8.59. The molecule has 7 heteroatoms. The number of thiophene rings is 1. The Kier molecular flexibility index (Phi) is 4.82. The minimum atomic E-state index is -1.07. The number of ether oxygens (including phenoxy) is 1. The summed E-state index contributed by atoms with van der Waals surface area (Å²) in [5.74, 6) is -2.11. The topological polar surface area (TPSA) is 75.6 Å². The predicted molar refractivity (Wildman–Crippen MR) is 89.0 cm³/mol. The number of hydrogen-bond acceptors (Lipinski definition) is 4. The Hall–Kier alpha value is -1.99. The molecule has 24 heavy (non-hydrogen) atoms. The number of nitrogens with one attached hydrogen (secondary N) is 1. The van der Waals surface area contributed by atoms with E-state index >= 15 is 0 Å². The number of hydrogen-bond donors (Lipinski definition) is 2. The highest BCUT2D eigenvalue weighted by Gasteiger charge is 2.32. The molecule has 2 atom stereocenters. The maximum Gasteiger partial charge on any atom is 0.326 e. The molecular formula is C17H18FNO4S. The molecule has 0 saturated carbocycles. The Balaban J connectivity index is 1.85. The normalized spacial score (nSPS) is 19.2. The third-order valence-corrected chi connectivity index (χ3v) is 5.58. The number of aryl methyl sites for hydroxylation is 1. The van der Waals surface area contributed by atoms with E-state index in [9.17, 15) is 19.1 Å². The van der Waals surface area contributed by atoms with Gasteiger partial charge >= 0.3 is 5.97 Å². The van der Waals surface area contributed by atoms with Crippen LogP contribution in [-0.2, 0) is 9.53 Å². The van der Waals surface area contributed by atoms with E-state index in [0.29, 0.717) is 29.2 Å². The van der Waals surface area contributed by atoms with Crippen LogP contribution in [0, 0.1) is 18.7 Å². The second kappa shape index (κ2) is 6.86. The van der Waals surface area contributed by atoms with Crippen LogP contribution in [0.15, 0.2) is 18.2 Å². The largest absolute Gasteiger partial charge is 0.480 e. The number of carbonyl (C=O) groups excluding carboxylic acids is 1. The van der Waals surface area contributed by atoms with Crippen molar-refractivity contribution in [3.8, 4) is 0 Å². The van der Waals surface area contributed by atoms with Gasteiger partial charge in [0.05, 0.1) is 11.5 Å². The zero-order valence-corrected chi connectivity index (χ0v) is 14.0. The van der Waals surface area contributed by atoms with Gasteiger partial charge in [0.15, 0.2) is 0 Å². The molecule has 2 unspecified atom stereocenters. The van der Waals surface area contributed by atoms with Gasteiger partial charge in [-0.05, 0) is 42.8 Å². The van der Waals surface area contributed by atoms with Gasteiger partial charge in [-0.1, -0.05) is 6.07 Å². The van der Waals surface area contributed by atoms with Crippen LogP contribution >= 0.6 is 11.3 Å². The second-order valence-electron chi connectivity index (χ2n) is 5.96. The summed E-state index contributed by atoms with van der Waals surface area (Å²) in [6, 6.07) is 3.38. The first kappa shape index (κ1) is 16.9. The summed E-state index contributed by atoms with van der Waals surface area (Å²) in [5.41, 5.74) is 0.733. The van der Waals surface area contributed by atoms with E-state index in [0.717, 1.165) is 17.4 Å². The van der Waals surface area contributed by atoms with Crippen LogP contribution in [0.4, 0.5) is 4.39 Å². The number of benzene rings is 1. The fourth-order valence-electron chi connectivity index (χ4n) is 3.03. The summed E-state index contributed by atoms with van der Waals surface area (Å²) in [5, 5.41) is 12.9. The molecule has 0 spiro atoms. The molecule has 128 valence electrons. The number of halogens is 1. The number of carbonyl (C=O) groups is 2. The van der Waals surface area contributed by atoms with Crippen LogP contribution in [0.5, 0.6) is 0 Å². The van der Waals surface area contributed by atoms with Crippen molar-refractivity contribution in [2.45, 2.75) is 25.8 Å². The number of aliphatic carboxylic acids is 1. The Morgan fingerprint density at radius 3 is 2.92 bits per heavy atom. The van der Waals surface area contributed by atoms with Gasteiger partial charge in [0.2, 0.25) is 0 Å². The molecule has 3 rings (SSSR count). The van der Waals surface area contributed by atoms with Crippen LogP contribution < -0.4 is 5.32 Å². The van der Waals surface area contributed by atoms with Crippen molar-refractivity contribution in [3.63, 3.8) is 0 Å². The molecule has 1 aromatic carbocycles. The summed E-state index contributed by atoms with van der Waals surface area (Å²) < 4.78 is 19.4. The van der Waals surface area contributed by atoms with E-state index in [2.05, 4.69) is 5.32 Å². The molecule has 1 saturated heterocycles. The Morgan fingerprint density at radius 2 is 2.25 bits per heavy atom. The van der Waals surface area contributed by atoms with Gasteiger partial charge in [-0.2, -0.15) is 0 Å². The first-order valence-electron chi connectivity index (χ1n) is 7.77. The van der Waals surface area contributed by atoms with Crippen molar-refractivity contribution < 1.29 is 23.8 Å². The average Bonchev–Trinajstić information content (AvgIpc) is 2.89. The van der Waals surface area contributed by atoms with Gasteiger partial charge in [-0.3, -0.25) is 4.79 Å². The number of rotatable bonds is 4. The van der Waals surface area contributed by atoms with Crippen LogP contribution in [0.25, 0.3) is 10.1 Å². The van der Waals surface area contributed by atoms with Crippen LogP contribution in [0.3, 0.4) is 0 Å². The van der Waals surface area contributed by atoms with Gasteiger partial charge in [0.1, 0.15) is 11.9 Å². The second-order valence-corrected chi connectivity index (χ2v) is 7.02. The standard InChI is InChI=1S/C17H18FNO4S/c1-9-12-5-4-11(18)7-13(12)24-15(9)16(20)19-14(17(21)22)10-3-2-6-23-8-10/h4-5,7,10,14H,2-3,6,8H2,1H3,(H,19,20)(H,21,22). The molecule has 1 amide bonds. The maximum atomic E-state index is 13.4. The number of fused-ring (bicyclic) bond motifs is 1. The van der Waals surface area contributed by atoms with Crippen LogP contribution in [0.2, 0.25) is 0 Å². The molecule has 0 bridgehead atoms. The lowest BCUT2D eigenvalue weighted by atomic mass is 9.93. The van der Waals surface area contributed by atoms with Gasteiger partial charge in [0.25, 0.3) is 5.91 Å². The van der Waals surface area contributed by atoms with Gasteiger partial charge in [0, 0.05) is 17.2 Å². The van der Waals surface area contributed by atoms with E-state index in [1.807, 2.05) is 0 Å². The zero-order valence-electron chi connectivity index (χ0n) is 13.2. The molecule has 0 aliphatic carbocycles. The van der Waals surface area contributed by atoms with E-state index in [4.69, 9.17) is 4.74 Å². The fourth-order valence-corrected chi connectivity index (χ4v) is 4.17. The summed E-state index contributed by atoms with van der Waals surface area (Å²) >= 11 is 1.17. The summed E-state index contributed by atoms with van der Waals surface area (Å²) in [7, 11) is 0. The SMILES string of the molecule is Cc1c(C(=O)NC(C(=O)O)C2CCCOC2)sc2cc(F)ccc12. The van der Waals surface area contributed by atoms with Gasteiger partial charge in [-0.15, -0.1) is 11.3 Å². The summed E-state index contributed by atoms with van der Waals surface area (Å²) in [6.07, 6.45) is 1.49. The van der Waals surface area contributed by atoms with Crippen molar-refractivity contribution in [2.75, 3.05) is 13.2 Å². The lowest BCUT2D eigenvalue weighted by molar-refractivity contribution is -0.142. The van der Waals surface area contributed by atoms with Crippen molar-refractivity contribution in [3.05, 3.63) is 34.5 Å². The molecule has 2 aromatic rings. The Bertz CT molecular complexity index is 782. The molecule has 0 radical (unpaired) electrons. The number of amides is 1. The van der Waals surface area contributed by atoms with E-state index < -0.39 is 17.9 Å². The Labute approximate surface area is 142 Å². The third-order valence-electron chi connectivity index (χ3n) is 4.33. The molecule has 2 heterocycles. The molecule has 1 aliphatic rings. The maximum absolute atomic E-state index is 13.4. The van der Waals surface area contributed by atoms with Gasteiger partial charge < -0.3 is 15.2 Å². The highest BCUT2D eigenvalue weighted by Crippen LogP contribution is 2.31. The number of carboxylic acids is 1. The lowest BCUT2D eigenvalue weighted by Crippen LogP contribution is -2.48.